The fourth-order valence-corrected chi connectivity index (χ4v) is 3.67. The van der Waals surface area contributed by atoms with Crippen LogP contribution in [0.4, 0.5) is 5.69 Å². The molecule has 1 aromatic carbocycles. The van der Waals surface area contributed by atoms with Crippen LogP contribution in [-0.4, -0.2) is 36.4 Å². The lowest BCUT2D eigenvalue weighted by atomic mass is 9.88. The molecule has 106 valence electrons. The molecule has 0 amide bonds. The summed E-state index contributed by atoms with van der Waals surface area (Å²) in [6, 6.07) is 10.2. The van der Waals surface area contributed by atoms with E-state index in [4.69, 9.17) is 0 Å². The minimum Gasteiger partial charge on any atom is -0.368 e. The molecule has 1 N–H and O–H groups in total. The number of nitrogens with one attached hydrogen (secondary N) is 1. The molecule has 3 heterocycles. The molecule has 2 aliphatic rings. The number of rotatable bonds is 1. The Bertz CT molecular complexity index is 720. The molecule has 5 nitrogen and oxygen atoms in total. The van der Waals surface area contributed by atoms with Gasteiger partial charge in [0.25, 0.3) is 0 Å². The molecule has 21 heavy (non-hydrogen) atoms. The number of hydrogen-bond donors (Lipinski definition) is 1. The summed E-state index contributed by atoms with van der Waals surface area (Å²) in [5, 5.41) is 22.2. The van der Waals surface area contributed by atoms with E-state index in [0.717, 1.165) is 48.7 Å². The summed E-state index contributed by atoms with van der Waals surface area (Å²) in [6.07, 6.45) is 1.18. The maximum Gasteiger partial charge on any atom is 0.187 e. The zero-order valence-electron chi connectivity index (χ0n) is 11.8. The van der Waals surface area contributed by atoms with Crippen molar-refractivity contribution in [2.24, 2.45) is 11.8 Å². The highest BCUT2D eigenvalue weighted by Gasteiger charge is 2.34. The number of piperidine rings is 1. The third-order valence-electron chi connectivity index (χ3n) is 4.77. The molecule has 0 bridgehead atoms. The lowest BCUT2D eigenvalue weighted by molar-refractivity contribution is 0.349. The minimum atomic E-state index is 0.443. The van der Waals surface area contributed by atoms with Crippen LogP contribution < -0.4 is 10.2 Å². The zero-order chi connectivity index (χ0) is 14.2. The molecule has 2 aromatic rings. The van der Waals surface area contributed by atoms with Gasteiger partial charge < -0.3 is 10.2 Å². The van der Waals surface area contributed by atoms with Gasteiger partial charge >= 0.3 is 0 Å². The van der Waals surface area contributed by atoms with E-state index in [2.05, 4.69) is 26.5 Å². The maximum atomic E-state index is 9.40. The van der Waals surface area contributed by atoms with Crippen LogP contribution >= 0.6 is 0 Å². The molecule has 0 saturated carbocycles. The maximum absolute atomic E-state index is 9.40. The first-order valence-corrected chi connectivity index (χ1v) is 7.48. The summed E-state index contributed by atoms with van der Waals surface area (Å²) >= 11 is 0. The van der Waals surface area contributed by atoms with Crippen molar-refractivity contribution in [3.05, 3.63) is 30.0 Å². The smallest absolute Gasteiger partial charge is 0.187 e. The van der Waals surface area contributed by atoms with Crippen LogP contribution in [0.1, 0.15) is 12.1 Å². The van der Waals surface area contributed by atoms with Crippen molar-refractivity contribution in [2.75, 3.05) is 31.1 Å². The highest BCUT2D eigenvalue weighted by Crippen LogP contribution is 2.34. The van der Waals surface area contributed by atoms with E-state index < -0.39 is 0 Å². The Labute approximate surface area is 123 Å². The van der Waals surface area contributed by atoms with Crippen LogP contribution in [-0.2, 0) is 0 Å². The highest BCUT2D eigenvalue weighted by molar-refractivity contribution is 5.93. The molecule has 0 radical (unpaired) electrons. The molecule has 2 fully saturated rings. The summed E-state index contributed by atoms with van der Waals surface area (Å²) in [4.78, 5) is 2.34. The van der Waals surface area contributed by atoms with Gasteiger partial charge in [0.2, 0.25) is 0 Å². The van der Waals surface area contributed by atoms with Gasteiger partial charge in [-0.05, 0) is 37.4 Å². The summed E-state index contributed by atoms with van der Waals surface area (Å²) in [5.41, 5.74) is 2.27. The second-order valence-corrected chi connectivity index (χ2v) is 5.94. The van der Waals surface area contributed by atoms with E-state index in [0.29, 0.717) is 11.6 Å². The average Bonchev–Trinajstić information content (AvgIpc) is 3.01. The van der Waals surface area contributed by atoms with Gasteiger partial charge in [0, 0.05) is 18.5 Å². The second kappa shape index (κ2) is 4.97. The first-order valence-electron chi connectivity index (χ1n) is 7.48. The third-order valence-corrected chi connectivity index (χ3v) is 4.77. The average molecular weight is 279 g/mol. The van der Waals surface area contributed by atoms with Crippen molar-refractivity contribution >= 4 is 16.6 Å². The van der Waals surface area contributed by atoms with Crippen molar-refractivity contribution in [2.45, 2.75) is 6.42 Å². The Morgan fingerprint density at radius 3 is 2.95 bits per heavy atom. The van der Waals surface area contributed by atoms with E-state index >= 15 is 0 Å². The Morgan fingerprint density at radius 1 is 1.19 bits per heavy atom. The number of anilines is 1. The quantitative estimate of drug-likeness (QED) is 0.858. The standard InChI is InChI=1S/C16H17N5/c17-7-15-16(13-3-1-2-4-14(13)19-20-15)21-6-5-11-8-18-9-12(11)10-21/h1-4,11-12,18H,5-6,8-10H2. The number of nitriles is 1. The summed E-state index contributed by atoms with van der Waals surface area (Å²) < 4.78 is 0. The van der Waals surface area contributed by atoms with E-state index in [1.807, 2.05) is 24.3 Å². The van der Waals surface area contributed by atoms with Gasteiger partial charge in [-0.25, -0.2) is 0 Å². The molecule has 0 aliphatic carbocycles. The van der Waals surface area contributed by atoms with Crippen LogP contribution in [0.2, 0.25) is 0 Å². The van der Waals surface area contributed by atoms with Crippen molar-refractivity contribution in [3.8, 4) is 6.07 Å². The van der Waals surface area contributed by atoms with Gasteiger partial charge in [-0.1, -0.05) is 18.2 Å². The molecular formula is C16H17N5. The fourth-order valence-electron chi connectivity index (χ4n) is 3.67. The molecule has 5 heteroatoms. The molecule has 2 aliphatic heterocycles. The molecule has 2 atom stereocenters. The van der Waals surface area contributed by atoms with Gasteiger partial charge in [0.15, 0.2) is 5.69 Å². The highest BCUT2D eigenvalue weighted by atomic mass is 15.2. The Balaban J connectivity index is 1.80. The molecule has 2 unspecified atom stereocenters. The molecule has 2 saturated heterocycles. The van der Waals surface area contributed by atoms with Gasteiger partial charge in [-0.15, -0.1) is 10.2 Å². The number of hydrogen-bond acceptors (Lipinski definition) is 5. The fraction of sp³-hybridized carbons (Fsp3) is 0.438. The number of aromatic nitrogens is 2. The zero-order valence-corrected chi connectivity index (χ0v) is 11.8. The lowest BCUT2D eigenvalue weighted by Gasteiger charge is -2.36. The van der Waals surface area contributed by atoms with E-state index in [1.54, 1.807) is 0 Å². The van der Waals surface area contributed by atoms with Crippen LogP contribution in [0.5, 0.6) is 0 Å². The number of fused-ring (bicyclic) bond motifs is 2. The summed E-state index contributed by atoms with van der Waals surface area (Å²) in [7, 11) is 0. The number of nitrogens with zero attached hydrogens (tertiary/aromatic N) is 4. The monoisotopic (exact) mass is 279 g/mol. The third kappa shape index (κ3) is 2.03. The largest absolute Gasteiger partial charge is 0.368 e. The van der Waals surface area contributed by atoms with Crippen LogP contribution in [0, 0.1) is 23.2 Å². The van der Waals surface area contributed by atoms with Crippen LogP contribution in [0.3, 0.4) is 0 Å². The van der Waals surface area contributed by atoms with Gasteiger partial charge in [-0.2, -0.15) is 5.26 Å². The van der Waals surface area contributed by atoms with E-state index in [1.165, 1.54) is 6.42 Å². The summed E-state index contributed by atoms with van der Waals surface area (Å²) in [6.45, 7) is 4.22. The minimum absolute atomic E-state index is 0.443. The molecular weight excluding hydrogens is 262 g/mol. The molecule has 4 rings (SSSR count). The van der Waals surface area contributed by atoms with Crippen molar-refractivity contribution in [1.82, 2.24) is 15.5 Å². The predicted octanol–water partition coefficient (Wildman–Crippen LogP) is 1.55. The van der Waals surface area contributed by atoms with E-state index in [9.17, 15) is 5.26 Å². The molecule has 0 spiro atoms. The first-order chi connectivity index (χ1) is 10.4. The van der Waals surface area contributed by atoms with Crippen molar-refractivity contribution in [1.29, 1.82) is 5.26 Å². The number of benzene rings is 1. The Kier molecular flexibility index (Phi) is 2.97. The van der Waals surface area contributed by atoms with Gasteiger partial charge in [0.1, 0.15) is 6.07 Å². The second-order valence-electron chi connectivity index (χ2n) is 5.94. The lowest BCUT2D eigenvalue weighted by Crippen LogP contribution is -2.40. The van der Waals surface area contributed by atoms with Gasteiger partial charge in [-0.3, -0.25) is 0 Å². The molecule has 1 aromatic heterocycles. The van der Waals surface area contributed by atoms with Crippen LogP contribution in [0.25, 0.3) is 10.9 Å². The predicted molar refractivity (Wildman–Crippen MR) is 80.9 cm³/mol. The SMILES string of the molecule is N#Cc1nnc2ccccc2c1N1CCC2CNCC2C1. The normalized spacial score (nSPS) is 24.8. The summed E-state index contributed by atoms with van der Waals surface area (Å²) in [5.74, 6) is 1.46. The van der Waals surface area contributed by atoms with E-state index in [-0.39, 0.29) is 0 Å². The van der Waals surface area contributed by atoms with Crippen molar-refractivity contribution < 1.29 is 0 Å². The Hall–Kier alpha value is -2.19. The first kappa shape index (κ1) is 12.5. The van der Waals surface area contributed by atoms with Crippen LogP contribution in [0.15, 0.2) is 24.3 Å². The Morgan fingerprint density at radius 2 is 2.05 bits per heavy atom. The van der Waals surface area contributed by atoms with Gasteiger partial charge in [0.05, 0.1) is 11.2 Å². The van der Waals surface area contributed by atoms with Crippen molar-refractivity contribution in [3.63, 3.8) is 0 Å². The topological polar surface area (TPSA) is 64.8 Å².